The van der Waals surface area contributed by atoms with Gasteiger partial charge in [0.25, 0.3) is 0 Å². The summed E-state index contributed by atoms with van der Waals surface area (Å²) in [6.45, 7) is 0. The van der Waals surface area contributed by atoms with E-state index in [2.05, 4.69) is 179 Å². The Morgan fingerprint density at radius 1 is 0.298 bits per heavy atom. The fourth-order valence-corrected chi connectivity index (χ4v) is 9.68. The molecule has 8 aromatic carbocycles. The topological polar surface area (TPSA) is 48.5 Å². The third-order valence-corrected chi connectivity index (χ3v) is 12.3. The van der Waals surface area contributed by atoms with Crippen molar-refractivity contribution < 1.29 is 0 Å². The van der Waals surface area contributed by atoms with Crippen LogP contribution in [0.4, 0.5) is 0 Å². The second kappa shape index (κ2) is 12.6. The number of nitrogens with zero attached hydrogens (tertiary/aromatic N) is 5. The molecule has 0 radical (unpaired) electrons. The first kappa shape index (κ1) is 31.9. The van der Waals surface area contributed by atoms with Gasteiger partial charge < -0.3 is 9.13 Å². The van der Waals surface area contributed by atoms with Crippen LogP contribution < -0.4 is 0 Å². The smallest absolute Gasteiger partial charge is 0.164 e. The summed E-state index contributed by atoms with van der Waals surface area (Å²) in [7, 11) is 0. The zero-order valence-corrected chi connectivity index (χ0v) is 31.4. The summed E-state index contributed by atoms with van der Waals surface area (Å²) in [4.78, 5) is 15.2. The van der Waals surface area contributed by atoms with Gasteiger partial charge in [0.1, 0.15) is 0 Å². The van der Waals surface area contributed by atoms with Gasteiger partial charge in [-0.1, -0.05) is 115 Å². The highest BCUT2D eigenvalue weighted by atomic mass is 32.1. The van der Waals surface area contributed by atoms with E-state index in [1.54, 1.807) is 11.3 Å². The number of benzene rings is 8. The Kier molecular flexibility index (Phi) is 7.03. The zero-order valence-electron chi connectivity index (χ0n) is 30.5. The van der Waals surface area contributed by atoms with Crippen molar-refractivity contribution in [1.29, 1.82) is 0 Å². The lowest BCUT2D eigenvalue weighted by Gasteiger charge is -2.11. The van der Waals surface area contributed by atoms with Gasteiger partial charge in [0, 0.05) is 69.8 Å². The molecule has 12 aromatic rings. The Morgan fingerprint density at radius 2 is 0.772 bits per heavy atom. The molecule has 0 amide bonds. The van der Waals surface area contributed by atoms with Crippen molar-refractivity contribution in [2.24, 2.45) is 0 Å². The molecule has 0 saturated carbocycles. The van der Waals surface area contributed by atoms with Crippen molar-refractivity contribution in [1.82, 2.24) is 24.1 Å². The minimum Gasteiger partial charge on any atom is -0.309 e. The van der Waals surface area contributed by atoms with Crippen molar-refractivity contribution in [2.45, 2.75) is 0 Å². The number of para-hydroxylation sites is 3. The molecule has 0 atom stereocenters. The molecule has 0 unspecified atom stereocenters. The first-order valence-electron chi connectivity index (χ1n) is 19.1. The van der Waals surface area contributed by atoms with Crippen molar-refractivity contribution in [2.75, 3.05) is 0 Å². The van der Waals surface area contributed by atoms with Crippen molar-refractivity contribution >= 4 is 75.1 Å². The molecule has 4 aromatic heterocycles. The lowest BCUT2D eigenvalue weighted by molar-refractivity contribution is 1.07. The predicted octanol–water partition coefficient (Wildman–Crippen LogP) is 13.4. The highest BCUT2D eigenvalue weighted by Crippen LogP contribution is 2.40. The van der Waals surface area contributed by atoms with Crippen LogP contribution in [0, 0.1) is 0 Å². The largest absolute Gasteiger partial charge is 0.309 e. The van der Waals surface area contributed by atoms with E-state index in [0.717, 1.165) is 39.1 Å². The summed E-state index contributed by atoms with van der Waals surface area (Å²) in [5, 5.41) is 7.46. The average molecular weight is 746 g/mol. The van der Waals surface area contributed by atoms with Gasteiger partial charge in [0.05, 0.1) is 22.1 Å². The molecule has 0 spiro atoms. The normalized spacial score (nSPS) is 11.9. The molecule has 0 saturated heterocycles. The first-order valence-corrected chi connectivity index (χ1v) is 19.9. The highest BCUT2D eigenvalue weighted by Gasteiger charge is 2.19. The van der Waals surface area contributed by atoms with Crippen LogP contribution in [0.2, 0.25) is 0 Å². The predicted molar refractivity (Wildman–Crippen MR) is 238 cm³/mol. The van der Waals surface area contributed by atoms with E-state index in [1.807, 2.05) is 18.2 Å². The van der Waals surface area contributed by atoms with Crippen LogP contribution in [-0.2, 0) is 0 Å². The number of aromatic nitrogens is 5. The fraction of sp³-hybridized carbons (Fsp3) is 0. The van der Waals surface area contributed by atoms with Crippen LogP contribution in [0.25, 0.3) is 109 Å². The summed E-state index contributed by atoms with van der Waals surface area (Å²) < 4.78 is 7.26. The number of hydrogen-bond acceptors (Lipinski definition) is 4. The number of rotatable bonds is 5. The van der Waals surface area contributed by atoms with Gasteiger partial charge >= 0.3 is 0 Å². The molecule has 0 aliphatic rings. The van der Waals surface area contributed by atoms with Gasteiger partial charge in [-0.25, -0.2) is 15.0 Å². The SMILES string of the molecule is c1ccc(-c2nc(-c3ccc(-n4c5ccccc5c5cc6c7ccccc7n(-c7ccccc7)c6cc54)cc3)nc(-c3ccc4c(c3)sc3ccccc34)n2)cc1. The Hall–Kier alpha value is -7.41. The lowest BCUT2D eigenvalue weighted by Crippen LogP contribution is -2.00. The maximum atomic E-state index is 5.12. The minimum atomic E-state index is 0.637. The van der Waals surface area contributed by atoms with Gasteiger partial charge in [0.2, 0.25) is 0 Å². The highest BCUT2D eigenvalue weighted by molar-refractivity contribution is 7.25. The van der Waals surface area contributed by atoms with Gasteiger partial charge in [-0.3, -0.25) is 0 Å². The first-order chi connectivity index (χ1) is 28.2. The molecule has 266 valence electrons. The molecule has 0 fully saturated rings. The number of fused-ring (bicyclic) bond motifs is 9. The molecule has 6 heteroatoms. The van der Waals surface area contributed by atoms with E-state index in [9.17, 15) is 0 Å². The van der Waals surface area contributed by atoms with Crippen LogP contribution in [0.1, 0.15) is 0 Å². The second-order valence-electron chi connectivity index (χ2n) is 14.5. The molecular weight excluding hydrogens is 715 g/mol. The summed E-state index contributed by atoms with van der Waals surface area (Å²) in [5.41, 5.74) is 9.75. The Balaban J connectivity index is 1.02. The third kappa shape index (κ3) is 5.04. The molecular formula is C51H31N5S. The van der Waals surface area contributed by atoms with E-state index in [-0.39, 0.29) is 0 Å². The number of thiophene rings is 1. The lowest BCUT2D eigenvalue weighted by atomic mass is 10.1. The van der Waals surface area contributed by atoms with Crippen LogP contribution in [0.15, 0.2) is 188 Å². The Bertz CT molecular complexity index is 3510. The van der Waals surface area contributed by atoms with Gasteiger partial charge in [0.15, 0.2) is 17.5 Å². The molecule has 4 heterocycles. The maximum absolute atomic E-state index is 5.12. The van der Waals surface area contributed by atoms with Crippen LogP contribution >= 0.6 is 11.3 Å². The van der Waals surface area contributed by atoms with Crippen LogP contribution in [0.3, 0.4) is 0 Å². The average Bonchev–Trinajstić information content (AvgIpc) is 3.93. The van der Waals surface area contributed by atoms with E-state index in [1.165, 1.54) is 52.8 Å². The van der Waals surface area contributed by atoms with Crippen molar-refractivity contribution in [3.05, 3.63) is 188 Å². The minimum absolute atomic E-state index is 0.637. The number of hydrogen-bond donors (Lipinski definition) is 0. The monoisotopic (exact) mass is 745 g/mol. The molecule has 5 nitrogen and oxygen atoms in total. The quantitative estimate of drug-likeness (QED) is 0.176. The molecule has 12 rings (SSSR count). The maximum Gasteiger partial charge on any atom is 0.164 e. The molecule has 57 heavy (non-hydrogen) atoms. The molecule has 0 bridgehead atoms. The molecule has 0 N–H and O–H groups in total. The van der Waals surface area contributed by atoms with Gasteiger partial charge in [-0.05, 0) is 72.8 Å². The Morgan fingerprint density at radius 3 is 1.42 bits per heavy atom. The third-order valence-electron chi connectivity index (χ3n) is 11.2. The second-order valence-corrected chi connectivity index (χ2v) is 15.5. The van der Waals surface area contributed by atoms with Crippen molar-refractivity contribution in [3.8, 4) is 45.5 Å². The molecule has 0 aliphatic heterocycles. The Labute approximate surface area is 331 Å². The summed E-state index contributed by atoms with van der Waals surface area (Å²) >= 11 is 1.80. The van der Waals surface area contributed by atoms with E-state index < -0.39 is 0 Å². The van der Waals surface area contributed by atoms with Crippen LogP contribution in [-0.4, -0.2) is 24.1 Å². The summed E-state index contributed by atoms with van der Waals surface area (Å²) in [5.74, 6) is 1.94. The van der Waals surface area contributed by atoms with E-state index in [4.69, 9.17) is 15.0 Å². The van der Waals surface area contributed by atoms with Gasteiger partial charge in [-0.15, -0.1) is 11.3 Å². The summed E-state index contributed by atoms with van der Waals surface area (Å²) in [6, 6.07) is 66.8. The standard InChI is InChI=1S/C51H31N5S/c1-3-13-32(14-4-1)49-52-50(54-51(53-49)34-25-28-40-39-19-9-12-22-47(39)57-48(40)29-34)33-23-26-36(27-24-33)56-44-21-11-8-18-38(44)42-30-41-37-17-7-10-20-43(37)55(45(41)31-46(42)56)35-15-5-2-6-16-35/h1-31H. The van der Waals surface area contributed by atoms with Crippen LogP contribution in [0.5, 0.6) is 0 Å². The molecule has 0 aliphatic carbocycles. The fourth-order valence-electron chi connectivity index (χ4n) is 8.54. The van der Waals surface area contributed by atoms with E-state index >= 15 is 0 Å². The van der Waals surface area contributed by atoms with Crippen molar-refractivity contribution in [3.63, 3.8) is 0 Å². The zero-order chi connectivity index (χ0) is 37.5. The van der Waals surface area contributed by atoms with E-state index in [0.29, 0.717) is 17.5 Å². The van der Waals surface area contributed by atoms with Gasteiger partial charge in [-0.2, -0.15) is 0 Å². The summed E-state index contributed by atoms with van der Waals surface area (Å²) in [6.07, 6.45) is 0.